The van der Waals surface area contributed by atoms with Crippen molar-refractivity contribution < 1.29 is 58.6 Å². The van der Waals surface area contributed by atoms with Crippen LogP contribution in [0.3, 0.4) is 0 Å². The second kappa shape index (κ2) is 11.7. The number of hydrogen-bond acceptors (Lipinski definition) is 8. The summed E-state index contributed by atoms with van der Waals surface area (Å²) >= 11 is 1.28. The Bertz CT molecular complexity index is 1210. The Labute approximate surface area is 240 Å². The quantitative estimate of drug-likeness (QED) is 0.188. The predicted octanol–water partition coefficient (Wildman–Crippen LogP) is -2.04. The van der Waals surface area contributed by atoms with E-state index in [1.165, 1.54) is 23.7 Å². The fraction of sp³-hybridized carbons (Fsp3) is 0.320. The number of hydrogen-bond donors (Lipinski definition) is 1. The smallest absolute Gasteiger partial charge is 0.548 e. The third-order valence-corrected chi connectivity index (χ3v) is 7.50. The zero-order chi connectivity index (χ0) is 26.0. The van der Waals surface area contributed by atoms with Crippen molar-refractivity contribution in [2.45, 2.75) is 42.7 Å². The second-order valence-corrected chi connectivity index (χ2v) is 10.7. The van der Waals surface area contributed by atoms with Crippen LogP contribution < -0.4 is 40.0 Å². The number of hydrazone groups is 1. The molecule has 4 rings (SSSR count). The number of nitrogens with zero attached hydrogens (tertiary/aromatic N) is 3. The van der Waals surface area contributed by atoms with Gasteiger partial charge >= 0.3 is 35.7 Å². The number of aliphatic carboxylic acids is 1. The topological polar surface area (TPSA) is 131 Å². The molecule has 0 unspecified atom stereocenters. The molecule has 2 aromatic rings. The van der Waals surface area contributed by atoms with Crippen molar-refractivity contribution >= 4 is 41.4 Å². The molecule has 10 nitrogen and oxygen atoms in total. The molecule has 188 valence electrons. The predicted molar refractivity (Wildman–Crippen MR) is 130 cm³/mol. The van der Waals surface area contributed by atoms with Crippen LogP contribution in [0.2, 0.25) is 0 Å². The number of amides is 3. The largest absolute Gasteiger partial charge is 1.00 e. The second-order valence-electron chi connectivity index (χ2n) is 8.91. The first-order chi connectivity index (χ1) is 17.1. The van der Waals surface area contributed by atoms with E-state index in [-0.39, 0.29) is 41.9 Å². The molecule has 2 saturated heterocycles. The Balaban J connectivity index is 0.00000380. The summed E-state index contributed by atoms with van der Waals surface area (Å²) < 4.78 is 4.49. The van der Waals surface area contributed by atoms with Gasteiger partial charge in [0.2, 0.25) is 5.91 Å². The minimum atomic E-state index is -1.34. The molecule has 2 fully saturated rings. The van der Waals surface area contributed by atoms with E-state index >= 15 is 0 Å². The number of rotatable bonds is 7. The number of β-lactam (4-membered cyclic amide) rings is 1. The van der Waals surface area contributed by atoms with Crippen molar-refractivity contribution in [2.75, 3.05) is 7.05 Å². The third-order valence-electron chi connectivity index (χ3n) is 5.93. The molecule has 3 atom stereocenters. The van der Waals surface area contributed by atoms with Gasteiger partial charge in [-0.15, -0.1) is 11.8 Å². The van der Waals surface area contributed by atoms with E-state index in [9.17, 15) is 24.3 Å². The van der Waals surface area contributed by atoms with Crippen LogP contribution in [0.25, 0.3) is 0 Å². The Kier molecular flexibility index (Phi) is 9.06. The minimum Gasteiger partial charge on any atom is -0.548 e. The van der Waals surface area contributed by atoms with Crippen LogP contribution in [0.15, 0.2) is 65.8 Å². The maximum absolute atomic E-state index is 13.3. The summed E-state index contributed by atoms with van der Waals surface area (Å²) in [6.45, 7) is 3.47. The Morgan fingerprint density at radius 1 is 1.11 bits per heavy atom. The van der Waals surface area contributed by atoms with E-state index in [0.717, 1.165) is 10.6 Å². The number of benzene rings is 2. The molecule has 0 aromatic heterocycles. The number of carbonyl (C=O) groups is 4. The standard InChI is InChI=1S/C25H26N4O6S.Na/c1-25(2)19(23(32)33)29-21(31)18(22(29)36-25)26-20(30)17(16-12-8-5-9-13-16)27-28(3)24(34)35-14-15-10-6-4-7-11-15;/h4-13,18-19,22H,14H2,1-3H3,(H,26,30)(H,32,33);/q;+1/p-1/t18-,19+,22-;/m1./s1. The van der Waals surface area contributed by atoms with Crippen molar-refractivity contribution in [1.29, 1.82) is 0 Å². The fourth-order valence-electron chi connectivity index (χ4n) is 4.17. The molecule has 3 amide bonds. The Morgan fingerprint density at radius 2 is 1.70 bits per heavy atom. The first-order valence-electron chi connectivity index (χ1n) is 11.2. The number of carbonyl (C=O) groups excluding carboxylic acids is 4. The van der Waals surface area contributed by atoms with E-state index in [0.29, 0.717) is 5.56 Å². The summed E-state index contributed by atoms with van der Waals surface area (Å²) in [5.41, 5.74) is 1.12. The van der Waals surface area contributed by atoms with Crippen LogP contribution >= 0.6 is 11.8 Å². The summed E-state index contributed by atoms with van der Waals surface area (Å²) in [6, 6.07) is 15.6. The SMILES string of the molecule is CN(N=C(C(=O)N[C@@H]1C(=O)N2[C@@H]1SC(C)(C)[C@@H]2C(=O)[O-])c1ccccc1)C(=O)OCc1ccccc1.[Na+]. The molecule has 2 aromatic carbocycles. The normalized spacial score (nSPS) is 21.7. The molecule has 0 radical (unpaired) electrons. The molecular weight excluding hydrogens is 507 g/mol. The van der Waals surface area contributed by atoms with Gasteiger partial charge in [-0.05, 0) is 19.4 Å². The number of fused-ring (bicyclic) bond motifs is 1. The van der Waals surface area contributed by atoms with Crippen LogP contribution in [-0.4, -0.2) is 68.7 Å². The molecule has 0 spiro atoms. The van der Waals surface area contributed by atoms with Crippen molar-refractivity contribution in [2.24, 2.45) is 5.10 Å². The van der Waals surface area contributed by atoms with E-state index in [1.807, 2.05) is 30.3 Å². The number of carboxylic acids is 1. The minimum absolute atomic E-state index is 0. The van der Waals surface area contributed by atoms with Crippen LogP contribution in [0, 0.1) is 0 Å². The average Bonchev–Trinajstić information content (AvgIpc) is 3.13. The molecule has 2 heterocycles. The summed E-state index contributed by atoms with van der Waals surface area (Å²) in [5.74, 6) is -2.53. The molecule has 2 aliphatic heterocycles. The zero-order valence-corrected chi connectivity index (χ0v) is 23.7. The van der Waals surface area contributed by atoms with Gasteiger partial charge in [-0.2, -0.15) is 5.10 Å². The molecular formula is C25H25N4NaO6S. The fourth-order valence-corrected chi connectivity index (χ4v) is 5.79. The third kappa shape index (κ3) is 6.01. The van der Waals surface area contributed by atoms with Crippen LogP contribution in [0.4, 0.5) is 4.79 Å². The molecule has 12 heteroatoms. The van der Waals surface area contributed by atoms with Crippen LogP contribution in [0.5, 0.6) is 0 Å². The molecule has 0 saturated carbocycles. The summed E-state index contributed by atoms with van der Waals surface area (Å²) in [4.78, 5) is 51.4. The van der Waals surface area contributed by atoms with E-state index in [2.05, 4.69) is 10.4 Å². The Morgan fingerprint density at radius 3 is 2.30 bits per heavy atom. The number of nitrogens with one attached hydrogen (secondary N) is 1. The van der Waals surface area contributed by atoms with Gasteiger partial charge in [0.05, 0.1) is 12.0 Å². The monoisotopic (exact) mass is 532 g/mol. The van der Waals surface area contributed by atoms with Crippen molar-refractivity contribution in [3.63, 3.8) is 0 Å². The molecule has 37 heavy (non-hydrogen) atoms. The van der Waals surface area contributed by atoms with Gasteiger partial charge in [0.25, 0.3) is 5.91 Å². The number of thioether (sulfide) groups is 1. The molecule has 0 bridgehead atoms. The number of ether oxygens (including phenoxy) is 1. The van der Waals surface area contributed by atoms with E-state index in [1.54, 1.807) is 44.2 Å². The van der Waals surface area contributed by atoms with Crippen molar-refractivity contribution in [1.82, 2.24) is 15.2 Å². The average molecular weight is 533 g/mol. The zero-order valence-electron chi connectivity index (χ0n) is 20.9. The van der Waals surface area contributed by atoms with Gasteiger partial charge in [0.1, 0.15) is 18.0 Å². The molecule has 2 aliphatic rings. The van der Waals surface area contributed by atoms with Gasteiger partial charge < -0.3 is 24.9 Å². The van der Waals surface area contributed by atoms with Gasteiger partial charge in [-0.25, -0.2) is 9.80 Å². The van der Waals surface area contributed by atoms with Gasteiger partial charge in [0, 0.05) is 17.4 Å². The van der Waals surface area contributed by atoms with Crippen molar-refractivity contribution in [3.8, 4) is 0 Å². The summed E-state index contributed by atoms with van der Waals surface area (Å²) in [6.07, 6.45) is -0.768. The van der Waals surface area contributed by atoms with Crippen LogP contribution in [-0.2, 0) is 25.7 Å². The summed E-state index contributed by atoms with van der Waals surface area (Å²) in [5, 5.41) is 18.8. The van der Waals surface area contributed by atoms with Crippen LogP contribution in [0.1, 0.15) is 25.0 Å². The van der Waals surface area contributed by atoms with E-state index in [4.69, 9.17) is 4.74 Å². The maximum atomic E-state index is 13.3. The first-order valence-corrected chi connectivity index (χ1v) is 12.1. The van der Waals surface area contributed by atoms with E-state index < -0.39 is 46.1 Å². The van der Waals surface area contributed by atoms with Gasteiger partial charge in [-0.3, -0.25) is 9.59 Å². The van der Waals surface area contributed by atoms with Gasteiger partial charge in [0.15, 0.2) is 5.71 Å². The Hall–Kier alpha value is -2.86. The van der Waals surface area contributed by atoms with Crippen molar-refractivity contribution in [3.05, 3.63) is 71.8 Å². The maximum Gasteiger partial charge on any atom is 1.00 e. The molecule has 1 N–H and O–H groups in total. The first kappa shape index (κ1) is 28.7. The molecule has 0 aliphatic carbocycles. The van der Waals surface area contributed by atoms with Gasteiger partial charge in [-0.1, -0.05) is 60.7 Å². The number of carboxylic acid groups (broad SMARTS) is 1. The summed E-state index contributed by atoms with van der Waals surface area (Å²) in [7, 11) is 1.36.